The molecule has 2 rings (SSSR count). The number of benzene rings is 1. The Morgan fingerprint density at radius 2 is 1.62 bits per heavy atom. The zero-order valence-corrected chi connectivity index (χ0v) is 15.4. The van der Waals surface area contributed by atoms with Gasteiger partial charge in [-0.15, -0.1) is 37.2 Å². The van der Waals surface area contributed by atoms with Gasteiger partial charge >= 0.3 is 11.9 Å². The number of dihydropyridines is 1. The third-order valence-corrected chi connectivity index (χ3v) is 4.32. The van der Waals surface area contributed by atoms with Gasteiger partial charge in [-0.1, -0.05) is 18.2 Å². The number of hydrogen-bond acceptors (Lipinski definition) is 4. The van der Waals surface area contributed by atoms with E-state index in [0.29, 0.717) is 4.90 Å². The van der Waals surface area contributed by atoms with Crippen LogP contribution in [0.15, 0.2) is 58.3 Å². The van der Waals surface area contributed by atoms with E-state index in [2.05, 4.69) is 5.32 Å². The molecule has 1 heterocycles. The normalized spacial score (nSPS) is 13.9. The fourth-order valence-corrected chi connectivity index (χ4v) is 3.01. The number of carbonyl (C=O) groups is 2. The maximum Gasteiger partial charge on any atom is 0.333 e. The fourth-order valence-electron chi connectivity index (χ4n) is 1.87. The van der Waals surface area contributed by atoms with E-state index in [0.717, 1.165) is 0 Å². The minimum Gasteiger partial charge on any atom is -0.478 e. The second-order valence-electron chi connectivity index (χ2n) is 4.36. The van der Waals surface area contributed by atoms with Crippen molar-refractivity contribution in [2.75, 3.05) is 5.75 Å². The van der Waals surface area contributed by atoms with Crippen LogP contribution < -0.4 is 5.32 Å². The van der Waals surface area contributed by atoms with Gasteiger partial charge in [0, 0.05) is 23.2 Å². The van der Waals surface area contributed by atoms with Crippen LogP contribution in [0.2, 0.25) is 0 Å². The molecule has 0 saturated carbocycles. The Bertz CT molecular complexity index is 676. The van der Waals surface area contributed by atoms with Crippen LogP contribution >= 0.6 is 37.2 Å². The number of aliphatic carboxylic acids is 2. The van der Waals surface area contributed by atoms with Crippen molar-refractivity contribution in [1.29, 1.82) is 0 Å². The molecule has 3 N–H and O–H groups in total. The van der Waals surface area contributed by atoms with Gasteiger partial charge < -0.3 is 15.5 Å². The summed E-state index contributed by atoms with van der Waals surface area (Å²) < 4.78 is 12.2. The number of hydrogen-bond donors (Lipinski definition) is 3. The Kier molecular flexibility index (Phi) is 11.4. The molecule has 0 unspecified atom stereocenters. The third-order valence-electron chi connectivity index (χ3n) is 2.97. The molecule has 1 atom stereocenters. The first-order valence-corrected chi connectivity index (χ1v) is 7.38. The van der Waals surface area contributed by atoms with Gasteiger partial charge in [-0.05, 0) is 12.1 Å². The summed E-state index contributed by atoms with van der Waals surface area (Å²) in [5.41, 5.74) is 0.163. The molecule has 1 aliphatic rings. The number of rotatable bonds is 5. The van der Waals surface area contributed by atoms with Crippen LogP contribution in [0.4, 0.5) is 0 Å². The van der Waals surface area contributed by atoms with Gasteiger partial charge in [-0.2, -0.15) is 0 Å². The minimum absolute atomic E-state index is 0. The number of carboxylic acid groups (broad SMARTS) is 2. The van der Waals surface area contributed by atoms with Crippen molar-refractivity contribution in [2.45, 2.75) is 11.3 Å². The zero-order valence-electron chi connectivity index (χ0n) is 12.1. The summed E-state index contributed by atoms with van der Waals surface area (Å²) in [4.78, 5) is 22.7. The van der Waals surface area contributed by atoms with Gasteiger partial charge in [0.25, 0.3) is 0 Å². The maximum atomic E-state index is 12.2. The Balaban J connectivity index is 0. The lowest BCUT2D eigenvalue weighted by molar-refractivity contribution is -0.133. The number of nitrogens with one attached hydrogen (secondary N) is 1. The van der Waals surface area contributed by atoms with Crippen LogP contribution in [-0.2, 0) is 20.4 Å². The molecule has 134 valence electrons. The highest BCUT2D eigenvalue weighted by atomic mass is 35.5. The van der Waals surface area contributed by atoms with Crippen molar-refractivity contribution in [3.8, 4) is 0 Å². The molecule has 6 nitrogen and oxygen atoms in total. The summed E-state index contributed by atoms with van der Waals surface area (Å²) in [6.07, 6.45) is 1.05. The first-order chi connectivity index (χ1) is 9.99. The number of halogens is 3. The summed E-state index contributed by atoms with van der Waals surface area (Å²) in [6, 6.07) is 8.67. The lowest BCUT2D eigenvalue weighted by Gasteiger charge is -2.18. The van der Waals surface area contributed by atoms with Crippen molar-refractivity contribution in [3.05, 3.63) is 53.4 Å². The third kappa shape index (κ3) is 6.16. The van der Waals surface area contributed by atoms with E-state index in [1.165, 1.54) is 6.20 Å². The molecule has 0 saturated heterocycles. The standard InChI is InChI=1S/C14H13NO5S.3ClH/c16-13(17)9-6-11(14(18)19)12(15-7-9)8-21(20)10-4-2-1-3-5-10;;;/h1-5,7,15H,6,8H2,(H,16,17)(H,18,19);3*1H/t21-;;;/m0.../s1. The van der Waals surface area contributed by atoms with Crippen molar-refractivity contribution >= 4 is 60.0 Å². The van der Waals surface area contributed by atoms with E-state index in [-0.39, 0.29) is 66.2 Å². The van der Waals surface area contributed by atoms with E-state index in [1.54, 1.807) is 30.3 Å². The minimum atomic E-state index is -1.40. The highest BCUT2D eigenvalue weighted by Crippen LogP contribution is 2.21. The summed E-state index contributed by atoms with van der Waals surface area (Å²) in [7, 11) is -1.40. The van der Waals surface area contributed by atoms with E-state index in [9.17, 15) is 18.9 Å². The molecule has 0 bridgehead atoms. The fraction of sp³-hybridized carbons (Fsp3) is 0.143. The predicted molar refractivity (Wildman–Crippen MR) is 97.6 cm³/mol. The Hall–Kier alpha value is -1.54. The molecule has 0 fully saturated rings. The van der Waals surface area contributed by atoms with E-state index in [4.69, 9.17) is 5.11 Å². The van der Waals surface area contributed by atoms with Crippen molar-refractivity contribution in [1.82, 2.24) is 5.32 Å². The average Bonchev–Trinajstić information content (AvgIpc) is 2.48. The smallest absolute Gasteiger partial charge is 0.333 e. The Morgan fingerprint density at radius 3 is 2.12 bits per heavy atom. The summed E-state index contributed by atoms with van der Waals surface area (Å²) in [5, 5.41) is 20.7. The van der Waals surface area contributed by atoms with E-state index in [1.807, 2.05) is 0 Å². The van der Waals surface area contributed by atoms with Gasteiger partial charge in [-0.3, -0.25) is 4.21 Å². The summed E-state index contributed by atoms with van der Waals surface area (Å²) >= 11 is 0. The largest absolute Gasteiger partial charge is 0.478 e. The van der Waals surface area contributed by atoms with E-state index >= 15 is 0 Å². The van der Waals surface area contributed by atoms with Crippen LogP contribution in [0.25, 0.3) is 0 Å². The molecule has 10 heteroatoms. The molecule has 0 aliphatic carbocycles. The molecule has 0 aromatic heterocycles. The molecule has 1 aromatic rings. The molecule has 24 heavy (non-hydrogen) atoms. The maximum absolute atomic E-state index is 12.2. The second kappa shape index (κ2) is 11.1. The molecule has 1 aromatic carbocycles. The monoisotopic (exact) mass is 415 g/mol. The van der Waals surface area contributed by atoms with Crippen LogP contribution in [0, 0.1) is 0 Å². The quantitative estimate of drug-likeness (QED) is 0.681. The van der Waals surface area contributed by atoms with E-state index < -0.39 is 22.7 Å². The van der Waals surface area contributed by atoms with Crippen molar-refractivity contribution < 1.29 is 24.0 Å². The van der Waals surface area contributed by atoms with Gasteiger partial charge in [0.1, 0.15) is 0 Å². The Labute approximate surface area is 159 Å². The predicted octanol–water partition coefficient (Wildman–Crippen LogP) is 2.36. The van der Waals surface area contributed by atoms with Gasteiger partial charge in [-0.25, -0.2) is 9.59 Å². The first-order valence-electron chi connectivity index (χ1n) is 6.06. The van der Waals surface area contributed by atoms with Crippen molar-refractivity contribution in [2.24, 2.45) is 0 Å². The van der Waals surface area contributed by atoms with Crippen LogP contribution in [0.3, 0.4) is 0 Å². The molecule has 0 radical (unpaired) electrons. The molecule has 0 amide bonds. The molecular formula is C14H16Cl3NO5S. The van der Waals surface area contributed by atoms with Gasteiger partial charge in [0.05, 0.1) is 27.7 Å². The molecular weight excluding hydrogens is 401 g/mol. The molecule has 0 spiro atoms. The highest BCUT2D eigenvalue weighted by Gasteiger charge is 2.24. The second-order valence-corrected chi connectivity index (χ2v) is 5.81. The lowest BCUT2D eigenvalue weighted by atomic mass is 10.0. The lowest BCUT2D eigenvalue weighted by Crippen LogP contribution is -2.25. The average molecular weight is 417 g/mol. The van der Waals surface area contributed by atoms with Crippen LogP contribution in [0.5, 0.6) is 0 Å². The zero-order chi connectivity index (χ0) is 15.4. The van der Waals surface area contributed by atoms with Crippen molar-refractivity contribution in [3.63, 3.8) is 0 Å². The molecule has 1 aliphatic heterocycles. The number of carboxylic acids is 2. The highest BCUT2D eigenvalue weighted by molar-refractivity contribution is 7.85. The van der Waals surface area contributed by atoms with Gasteiger partial charge in [0.15, 0.2) is 0 Å². The Morgan fingerprint density at radius 1 is 1.04 bits per heavy atom. The topological polar surface area (TPSA) is 104 Å². The first kappa shape index (κ1) is 24.7. The SMILES string of the molecule is Cl.Cl.Cl.O=C(O)C1=CNC(C[S@](=O)c2ccccc2)=C(C(=O)O)C1. The van der Waals surface area contributed by atoms with Crippen LogP contribution in [0.1, 0.15) is 6.42 Å². The summed E-state index contributed by atoms with van der Waals surface area (Å²) in [6.45, 7) is 0. The summed E-state index contributed by atoms with van der Waals surface area (Å²) in [5.74, 6) is -2.39. The van der Waals surface area contributed by atoms with Gasteiger partial charge in [0.2, 0.25) is 0 Å². The van der Waals surface area contributed by atoms with Crippen LogP contribution in [-0.4, -0.2) is 32.1 Å².